The highest BCUT2D eigenvalue weighted by Crippen LogP contribution is 2.26. The van der Waals surface area contributed by atoms with Crippen molar-refractivity contribution in [3.8, 4) is 0 Å². The lowest BCUT2D eigenvalue weighted by Crippen LogP contribution is -2.24. The molecule has 0 amide bonds. The van der Waals surface area contributed by atoms with E-state index in [0.717, 1.165) is 30.7 Å². The molecule has 0 atom stereocenters. The van der Waals surface area contributed by atoms with Crippen LogP contribution in [0.25, 0.3) is 10.9 Å². The Hall–Kier alpha value is -1.48. The first-order chi connectivity index (χ1) is 6.88. The Kier molecular flexibility index (Phi) is 1.55. The maximum absolute atomic E-state index is 9.91. The van der Waals surface area contributed by atoms with Gasteiger partial charge in [0.15, 0.2) is 0 Å². The molecule has 3 heteroatoms. The molecule has 0 radical (unpaired) electrons. The maximum atomic E-state index is 9.91. The second kappa shape index (κ2) is 2.75. The Balaban J connectivity index is 2.41. The van der Waals surface area contributed by atoms with Gasteiger partial charge in [0.1, 0.15) is 0 Å². The summed E-state index contributed by atoms with van der Waals surface area (Å²) < 4.78 is 1.32. The van der Waals surface area contributed by atoms with E-state index >= 15 is 0 Å². The normalized spacial score (nSPS) is 15.7. The minimum Gasteiger partial charge on any atom is -0.428 e. The molecule has 0 saturated carbocycles. The molecule has 1 aliphatic heterocycles. The zero-order valence-electron chi connectivity index (χ0n) is 7.83. The van der Waals surface area contributed by atoms with Crippen LogP contribution in [0.2, 0.25) is 0 Å². The summed E-state index contributed by atoms with van der Waals surface area (Å²) in [5, 5.41) is 14.4. The van der Waals surface area contributed by atoms with Gasteiger partial charge >= 0.3 is 0 Å². The van der Waals surface area contributed by atoms with Crippen molar-refractivity contribution < 1.29 is 5.21 Å². The Bertz CT molecular complexity index is 487. The van der Waals surface area contributed by atoms with Gasteiger partial charge in [-0.1, -0.05) is 18.2 Å². The number of para-hydroxylation sites is 1. The smallest absolute Gasteiger partial charge is 0.0872 e. The van der Waals surface area contributed by atoms with Gasteiger partial charge in [0.05, 0.1) is 11.2 Å². The Morgan fingerprint density at radius 2 is 2.14 bits per heavy atom. The molecule has 0 bridgehead atoms. The summed E-state index contributed by atoms with van der Waals surface area (Å²) in [5.41, 5.74) is 3.22. The third-order valence-corrected chi connectivity index (χ3v) is 2.91. The van der Waals surface area contributed by atoms with Crippen molar-refractivity contribution in [3.05, 3.63) is 35.5 Å². The fraction of sp³-hybridized carbons (Fsp3) is 0.273. The first-order valence-corrected chi connectivity index (χ1v) is 4.89. The predicted octanol–water partition coefficient (Wildman–Crippen LogP) is 1.52. The quantitative estimate of drug-likeness (QED) is 0.615. The molecule has 1 aromatic heterocycles. The summed E-state index contributed by atoms with van der Waals surface area (Å²) in [7, 11) is 0. The van der Waals surface area contributed by atoms with E-state index < -0.39 is 0 Å². The van der Waals surface area contributed by atoms with E-state index in [1.807, 2.05) is 18.2 Å². The number of nitrogens with zero attached hydrogens (tertiary/aromatic N) is 1. The molecule has 0 aliphatic carbocycles. The molecular weight excluding hydrogens is 176 g/mol. The van der Waals surface area contributed by atoms with Crippen LogP contribution in [0.15, 0.2) is 24.3 Å². The number of rotatable bonds is 0. The van der Waals surface area contributed by atoms with E-state index in [1.165, 1.54) is 15.7 Å². The highest BCUT2D eigenvalue weighted by molar-refractivity contribution is 5.85. The van der Waals surface area contributed by atoms with Crippen LogP contribution in [-0.2, 0) is 13.0 Å². The van der Waals surface area contributed by atoms with Gasteiger partial charge in [-0.25, -0.2) is 0 Å². The molecule has 3 nitrogen and oxygen atoms in total. The molecule has 1 aliphatic rings. The van der Waals surface area contributed by atoms with Crippen LogP contribution < -0.4 is 5.32 Å². The van der Waals surface area contributed by atoms with Crippen molar-refractivity contribution in [1.29, 1.82) is 0 Å². The van der Waals surface area contributed by atoms with E-state index in [2.05, 4.69) is 11.4 Å². The van der Waals surface area contributed by atoms with Crippen molar-refractivity contribution in [1.82, 2.24) is 10.0 Å². The summed E-state index contributed by atoms with van der Waals surface area (Å²) in [4.78, 5) is 0. The molecule has 0 saturated heterocycles. The van der Waals surface area contributed by atoms with E-state index in [1.54, 1.807) is 0 Å². The monoisotopic (exact) mass is 188 g/mol. The van der Waals surface area contributed by atoms with Crippen molar-refractivity contribution in [3.63, 3.8) is 0 Å². The lowest BCUT2D eigenvalue weighted by atomic mass is 10.1. The minimum atomic E-state index is 0.764. The third-order valence-electron chi connectivity index (χ3n) is 2.91. The fourth-order valence-electron chi connectivity index (χ4n) is 2.22. The number of fused-ring (bicyclic) bond motifs is 3. The Morgan fingerprint density at radius 1 is 1.29 bits per heavy atom. The summed E-state index contributed by atoms with van der Waals surface area (Å²) in [6.07, 6.45) is 1.00. The summed E-state index contributed by atoms with van der Waals surface area (Å²) in [6.45, 7) is 1.77. The topological polar surface area (TPSA) is 37.2 Å². The van der Waals surface area contributed by atoms with Crippen LogP contribution in [-0.4, -0.2) is 16.5 Å². The van der Waals surface area contributed by atoms with Crippen LogP contribution in [0, 0.1) is 0 Å². The van der Waals surface area contributed by atoms with Crippen LogP contribution in [0.1, 0.15) is 11.3 Å². The van der Waals surface area contributed by atoms with Gasteiger partial charge in [-0.3, -0.25) is 0 Å². The average Bonchev–Trinajstić information content (AvgIpc) is 2.55. The van der Waals surface area contributed by atoms with Gasteiger partial charge in [0.25, 0.3) is 0 Å². The van der Waals surface area contributed by atoms with Crippen LogP contribution in [0.4, 0.5) is 0 Å². The number of benzene rings is 1. The van der Waals surface area contributed by atoms with Crippen molar-refractivity contribution >= 4 is 10.9 Å². The molecular formula is C11H12N2O. The Morgan fingerprint density at radius 3 is 3.07 bits per heavy atom. The number of aromatic nitrogens is 1. The number of hydrogen-bond donors (Lipinski definition) is 2. The standard InChI is InChI=1S/C11H12N2O/c14-13-10-4-2-1-3-8(10)9-5-6-12-7-11(9)13/h1-4,12,14H,5-7H2. The van der Waals surface area contributed by atoms with E-state index in [4.69, 9.17) is 0 Å². The molecule has 0 unspecified atom stereocenters. The molecule has 3 rings (SSSR count). The SMILES string of the molecule is On1c2c(c3ccccc31)CCNC2. The largest absolute Gasteiger partial charge is 0.428 e. The summed E-state index contributed by atoms with van der Waals surface area (Å²) in [5.74, 6) is 0. The van der Waals surface area contributed by atoms with Crippen LogP contribution in [0.3, 0.4) is 0 Å². The molecule has 72 valence electrons. The van der Waals surface area contributed by atoms with Gasteiger partial charge in [-0.05, 0) is 24.6 Å². The van der Waals surface area contributed by atoms with E-state index in [-0.39, 0.29) is 0 Å². The van der Waals surface area contributed by atoms with Crippen molar-refractivity contribution in [2.75, 3.05) is 6.54 Å². The first-order valence-electron chi connectivity index (χ1n) is 4.89. The van der Waals surface area contributed by atoms with Gasteiger partial charge in [0.2, 0.25) is 0 Å². The van der Waals surface area contributed by atoms with E-state index in [0.29, 0.717) is 0 Å². The van der Waals surface area contributed by atoms with Crippen LogP contribution in [0.5, 0.6) is 0 Å². The average molecular weight is 188 g/mol. The summed E-state index contributed by atoms with van der Waals surface area (Å²) >= 11 is 0. The molecule has 2 N–H and O–H groups in total. The second-order valence-electron chi connectivity index (χ2n) is 3.68. The van der Waals surface area contributed by atoms with Gasteiger partial charge in [-0.2, -0.15) is 4.73 Å². The van der Waals surface area contributed by atoms with Crippen LogP contribution >= 0.6 is 0 Å². The van der Waals surface area contributed by atoms with Gasteiger partial charge in [-0.15, -0.1) is 0 Å². The fourth-order valence-corrected chi connectivity index (χ4v) is 2.22. The lowest BCUT2D eigenvalue weighted by molar-refractivity contribution is 0.187. The molecule has 0 fully saturated rings. The highest BCUT2D eigenvalue weighted by atomic mass is 16.5. The zero-order chi connectivity index (χ0) is 9.54. The maximum Gasteiger partial charge on any atom is 0.0872 e. The second-order valence-corrected chi connectivity index (χ2v) is 3.68. The number of hydrogen-bond acceptors (Lipinski definition) is 2. The molecule has 1 aromatic carbocycles. The Labute approximate surface area is 81.9 Å². The summed E-state index contributed by atoms with van der Waals surface area (Å²) in [6, 6.07) is 8.00. The highest BCUT2D eigenvalue weighted by Gasteiger charge is 2.18. The lowest BCUT2D eigenvalue weighted by Gasteiger charge is -2.13. The molecule has 2 aromatic rings. The first kappa shape index (κ1) is 7.88. The molecule has 14 heavy (non-hydrogen) atoms. The van der Waals surface area contributed by atoms with Crippen molar-refractivity contribution in [2.45, 2.75) is 13.0 Å². The predicted molar refractivity (Wildman–Crippen MR) is 54.5 cm³/mol. The van der Waals surface area contributed by atoms with Gasteiger partial charge < -0.3 is 10.5 Å². The zero-order valence-corrected chi connectivity index (χ0v) is 7.83. The molecule has 2 heterocycles. The van der Waals surface area contributed by atoms with Gasteiger partial charge in [0, 0.05) is 11.9 Å². The van der Waals surface area contributed by atoms with Crippen molar-refractivity contribution in [2.24, 2.45) is 0 Å². The minimum absolute atomic E-state index is 0.764. The number of nitrogens with one attached hydrogen (secondary N) is 1. The molecule has 0 spiro atoms. The third kappa shape index (κ3) is 0.902. The van der Waals surface area contributed by atoms with E-state index in [9.17, 15) is 5.21 Å².